The maximum atomic E-state index is 5.97. The number of hydrogen-bond acceptors (Lipinski definition) is 2. The van der Waals surface area contributed by atoms with Crippen LogP contribution < -0.4 is 10.6 Å². The summed E-state index contributed by atoms with van der Waals surface area (Å²) in [5.74, 6) is 0. The van der Waals surface area contributed by atoms with E-state index in [1.807, 2.05) is 0 Å². The number of nitrogens with two attached hydrogens (primary N) is 1. The Balaban J connectivity index is 2.03. The molecule has 16 heavy (non-hydrogen) atoms. The third kappa shape index (κ3) is 2.38. The lowest BCUT2D eigenvalue weighted by molar-refractivity contribution is 0.316. The Morgan fingerprint density at radius 1 is 1.19 bits per heavy atom. The van der Waals surface area contributed by atoms with Crippen LogP contribution in [0.5, 0.6) is 0 Å². The molecule has 0 unspecified atom stereocenters. The molecule has 2 nitrogen and oxygen atoms in total. The van der Waals surface area contributed by atoms with Crippen molar-refractivity contribution in [2.75, 3.05) is 25.0 Å². The van der Waals surface area contributed by atoms with Crippen molar-refractivity contribution in [2.24, 2.45) is 11.1 Å². The Bertz CT molecular complexity index is 315. The van der Waals surface area contributed by atoms with E-state index in [2.05, 4.69) is 42.3 Å². The topological polar surface area (TPSA) is 29.3 Å². The first-order valence-electron chi connectivity index (χ1n) is 6.22. The first-order valence-corrected chi connectivity index (χ1v) is 6.22. The summed E-state index contributed by atoms with van der Waals surface area (Å²) in [5.41, 5.74) is 7.63. The molecule has 0 heterocycles. The smallest absolute Gasteiger partial charge is 0.0363 e. The zero-order chi connectivity index (χ0) is 11.4. The predicted octanol–water partition coefficient (Wildman–Crippen LogP) is 2.64. The Morgan fingerprint density at radius 3 is 2.38 bits per heavy atom. The van der Waals surface area contributed by atoms with Gasteiger partial charge in [0.2, 0.25) is 0 Å². The van der Waals surface area contributed by atoms with Crippen molar-refractivity contribution >= 4 is 5.69 Å². The van der Waals surface area contributed by atoms with E-state index in [0.29, 0.717) is 5.41 Å². The molecular formula is C14H22N2. The van der Waals surface area contributed by atoms with E-state index in [1.54, 1.807) is 0 Å². The second kappa shape index (κ2) is 4.88. The molecule has 1 aromatic rings. The van der Waals surface area contributed by atoms with Crippen LogP contribution in [0.25, 0.3) is 0 Å². The highest BCUT2D eigenvalue weighted by atomic mass is 15.1. The molecule has 0 saturated heterocycles. The van der Waals surface area contributed by atoms with Gasteiger partial charge in [0, 0.05) is 24.7 Å². The first kappa shape index (κ1) is 11.5. The third-order valence-corrected chi connectivity index (χ3v) is 3.87. The SMILES string of the molecule is CN(CC1(CN)CCCC1)c1ccccc1. The molecule has 2 N–H and O–H groups in total. The van der Waals surface area contributed by atoms with Crippen LogP contribution in [0, 0.1) is 5.41 Å². The lowest BCUT2D eigenvalue weighted by Gasteiger charge is -2.33. The largest absolute Gasteiger partial charge is 0.374 e. The van der Waals surface area contributed by atoms with E-state index in [1.165, 1.54) is 31.4 Å². The number of rotatable bonds is 4. The second-order valence-corrected chi connectivity index (χ2v) is 5.10. The van der Waals surface area contributed by atoms with E-state index in [9.17, 15) is 0 Å². The minimum Gasteiger partial charge on any atom is -0.374 e. The van der Waals surface area contributed by atoms with Crippen LogP contribution in [0.1, 0.15) is 25.7 Å². The average Bonchev–Trinajstić information content (AvgIpc) is 2.79. The van der Waals surface area contributed by atoms with Gasteiger partial charge in [-0.15, -0.1) is 0 Å². The fourth-order valence-electron chi connectivity index (χ4n) is 2.83. The van der Waals surface area contributed by atoms with Crippen molar-refractivity contribution in [3.8, 4) is 0 Å². The maximum absolute atomic E-state index is 5.97. The van der Waals surface area contributed by atoms with Gasteiger partial charge in [0.25, 0.3) is 0 Å². The molecule has 0 amide bonds. The summed E-state index contributed by atoms with van der Waals surface area (Å²) >= 11 is 0. The molecule has 0 radical (unpaired) electrons. The van der Waals surface area contributed by atoms with Crippen LogP contribution in [0.2, 0.25) is 0 Å². The fraction of sp³-hybridized carbons (Fsp3) is 0.571. The molecule has 1 aromatic carbocycles. The average molecular weight is 218 g/mol. The van der Waals surface area contributed by atoms with Crippen LogP contribution in [0.4, 0.5) is 5.69 Å². The summed E-state index contributed by atoms with van der Waals surface area (Å²) in [6, 6.07) is 10.6. The van der Waals surface area contributed by atoms with Gasteiger partial charge in [-0.05, 0) is 31.5 Å². The van der Waals surface area contributed by atoms with Gasteiger partial charge in [0.05, 0.1) is 0 Å². The highest BCUT2D eigenvalue weighted by molar-refractivity contribution is 5.45. The zero-order valence-electron chi connectivity index (χ0n) is 10.2. The quantitative estimate of drug-likeness (QED) is 0.842. The van der Waals surface area contributed by atoms with Gasteiger partial charge in [-0.3, -0.25) is 0 Å². The van der Waals surface area contributed by atoms with Crippen molar-refractivity contribution in [1.82, 2.24) is 0 Å². The first-order chi connectivity index (χ1) is 7.76. The highest BCUT2D eigenvalue weighted by Crippen LogP contribution is 2.38. The monoisotopic (exact) mass is 218 g/mol. The molecular weight excluding hydrogens is 196 g/mol. The maximum Gasteiger partial charge on any atom is 0.0363 e. The number of anilines is 1. The van der Waals surface area contributed by atoms with Crippen molar-refractivity contribution in [1.29, 1.82) is 0 Å². The van der Waals surface area contributed by atoms with Gasteiger partial charge in [-0.1, -0.05) is 31.0 Å². The molecule has 0 spiro atoms. The standard InChI is InChI=1S/C14H22N2/c1-16(13-7-3-2-4-8-13)12-14(11-15)9-5-6-10-14/h2-4,7-8H,5-6,9-12,15H2,1H3. The Hall–Kier alpha value is -1.02. The van der Waals surface area contributed by atoms with Gasteiger partial charge in [0.1, 0.15) is 0 Å². The lowest BCUT2D eigenvalue weighted by atomic mass is 9.85. The number of nitrogens with zero attached hydrogens (tertiary/aromatic N) is 1. The molecule has 1 aliphatic rings. The summed E-state index contributed by atoms with van der Waals surface area (Å²) in [6.07, 6.45) is 5.28. The molecule has 2 heteroatoms. The Labute approximate surface area is 98.4 Å². The summed E-state index contributed by atoms with van der Waals surface area (Å²) in [6.45, 7) is 1.91. The summed E-state index contributed by atoms with van der Waals surface area (Å²) < 4.78 is 0. The van der Waals surface area contributed by atoms with E-state index in [0.717, 1.165) is 13.1 Å². The second-order valence-electron chi connectivity index (χ2n) is 5.10. The van der Waals surface area contributed by atoms with Crippen LogP contribution in [0.15, 0.2) is 30.3 Å². The molecule has 0 aliphatic heterocycles. The fourth-order valence-corrected chi connectivity index (χ4v) is 2.83. The van der Waals surface area contributed by atoms with Crippen LogP contribution in [-0.4, -0.2) is 20.1 Å². The number of hydrogen-bond donors (Lipinski definition) is 1. The molecule has 88 valence electrons. The summed E-state index contributed by atoms with van der Waals surface area (Å²) in [4.78, 5) is 2.35. The highest BCUT2D eigenvalue weighted by Gasteiger charge is 2.33. The van der Waals surface area contributed by atoms with E-state index in [4.69, 9.17) is 5.73 Å². The van der Waals surface area contributed by atoms with Crippen LogP contribution in [0.3, 0.4) is 0 Å². The van der Waals surface area contributed by atoms with E-state index in [-0.39, 0.29) is 0 Å². The van der Waals surface area contributed by atoms with Crippen LogP contribution in [-0.2, 0) is 0 Å². The molecule has 1 saturated carbocycles. The summed E-state index contributed by atoms with van der Waals surface area (Å²) in [7, 11) is 2.17. The molecule has 0 atom stereocenters. The van der Waals surface area contributed by atoms with E-state index >= 15 is 0 Å². The normalized spacial score (nSPS) is 18.6. The zero-order valence-corrected chi connectivity index (χ0v) is 10.2. The molecule has 0 aromatic heterocycles. The molecule has 1 fully saturated rings. The third-order valence-electron chi connectivity index (χ3n) is 3.87. The van der Waals surface area contributed by atoms with Gasteiger partial charge < -0.3 is 10.6 Å². The van der Waals surface area contributed by atoms with Crippen molar-refractivity contribution in [3.63, 3.8) is 0 Å². The Kier molecular flexibility index (Phi) is 3.49. The molecule has 1 aliphatic carbocycles. The van der Waals surface area contributed by atoms with Crippen molar-refractivity contribution in [3.05, 3.63) is 30.3 Å². The van der Waals surface area contributed by atoms with E-state index < -0.39 is 0 Å². The molecule has 0 bridgehead atoms. The Morgan fingerprint density at radius 2 is 1.81 bits per heavy atom. The van der Waals surface area contributed by atoms with Gasteiger partial charge in [-0.2, -0.15) is 0 Å². The predicted molar refractivity (Wildman–Crippen MR) is 69.7 cm³/mol. The number of benzene rings is 1. The van der Waals surface area contributed by atoms with Crippen LogP contribution >= 0.6 is 0 Å². The van der Waals surface area contributed by atoms with Crippen molar-refractivity contribution < 1.29 is 0 Å². The minimum atomic E-state index is 0.366. The minimum absolute atomic E-state index is 0.366. The van der Waals surface area contributed by atoms with Gasteiger partial charge in [0.15, 0.2) is 0 Å². The summed E-state index contributed by atoms with van der Waals surface area (Å²) in [5, 5.41) is 0. The lowest BCUT2D eigenvalue weighted by Crippen LogP contribution is -2.39. The molecule has 2 rings (SSSR count). The van der Waals surface area contributed by atoms with Gasteiger partial charge >= 0.3 is 0 Å². The van der Waals surface area contributed by atoms with Crippen molar-refractivity contribution in [2.45, 2.75) is 25.7 Å². The number of para-hydroxylation sites is 1. The van der Waals surface area contributed by atoms with Gasteiger partial charge in [-0.25, -0.2) is 0 Å².